The van der Waals surface area contributed by atoms with Gasteiger partial charge in [-0.15, -0.1) is 10.2 Å². The first-order valence-corrected chi connectivity index (χ1v) is 10.7. The van der Waals surface area contributed by atoms with Crippen LogP contribution < -0.4 is 16.0 Å². The number of aromatic nitrogens is 2. The van der Waals surface area contributed by atoms with Crippen LogP contribution in [0, 0.1) is 0 Å². The second-order valence-corrected chi connectivity index (χ2v) is 8.96. The zero-order chi connectivity index (χ0) is 20.8. The minimum atomic E-state index is -0.379. The lowest BCUT2D eigenvalue weighted by atomic mass is 10.3. The number of amides is 2. The molecule has 0 bridgehead atoms. The van der Waals surface area contributed by atoms with Crippen molar-refractivity contribution in [3.8, 4) is 0 Å². The highest BCUT2D eigenvalue weighted by Crippen LogP contribution is 2.31. The lowest BCUT2D eigenvalue weighted by molar-refractivity contribution is -0.115. The molecule has 0 spiro atoms. The fourth-order valence-electron chi connectivity index (χ4n) is 2.31. The Kier molecular flexibility index (Phi) is 7.08. The average Bonchev–Trinajstić information content (AvgIpc) is 3.10. The van der Waals surface area contributed by atoms with Gasteiger partial charge >= 0.3 is 0 Å². The van der Waals surface area contributed by atoms with Gasteiger partial charge in [-0.2, -0.15) is 0 Å². The maximum absolute atomic E-state index is 12.4. The highest BCUT2D eigenvalue weighted by molar-refractivity contribution is 8.02. The number of nitrogens with zero attached hydrogens (tertiary/aromatic N) is 2. The Bertz CT molecular complexity index is 1030. The maximum atomic E-state index is 12.4. The van der Waals surface area contributed by atoms with Gasteiger partial charge in [-0.3, -0.25) is 9.59 Å². The summed E-state index contributed by atoms with van der Waals surface area (Å²) in [5, 5.41) is 17.6. The van der Waals surface area contributed by atoms with Crippen molar-refractivity contribution in [1.82, 2.24) is 10.2 Å². The first kappa shape index (κ1) is 21.1. The van der Waals surface area contributed by atoms with E-state index in [-0.39, 0.29) is 17.1 Å². The smallest absolute Gasteiger partial charge is 0.237 e. The number of halogens is 1. The number of nitrogens with one attached hydrogen (secondary N) is 3. The molecule has 0 saturated heterocycles. The Labute approximate surface area is 181 Å². The lowest BCUT2D eigenvalue weighted by Gasteiger charge is -2.11. The molecule has 29 heavy (non-hydrogen) atoms. The van der Waals surface area contributed by atoms with E-state index in [4.69, 9.17) is 11.6 Å². The van der Waals surface area contributed by atoms with Gasteiger partial charge in [-0.05, 0) is 37.3 Å². The van der Waals surface area contributed by atoms with Crippen molar-refractivity contribution in [2.24, 2.45) is 0 Å². The second-order valence-electron chi connectivity index (χ2n) is 5.99. The summed E-state index contributed by atoms with van der Waals surface area (Å²) in [4.78, 5) is 23.6. The van der Waals surface area contributed by atoms with E-state index in [2.05, 4.69) is 26.1 Å². The van der Waals surface area contributed by atoms with Crippen LogP contribution in [0.15, 0.2) is 52.9 Å². The molecule has 1 atom stereocenters. The van der Waals surface area contributed by atoms with E-state index in [1.54, 1.807) is 37.3 Å². The van der Waals surface area contributed by atoms with Gasteiger partial charge in [-0.1, -0.05) is 52.9 Å². The molecule has 2 amide bonds. The van der Waals surface area contributed by atoms with Crippen LogP contribution >= 0.6 is 34.7 Å². The number of rotatable bonds is 7. The minimum Gasteiger partial charge on any atom is -0.330 e. The molecule has 0 aliphatic rings. The van der Waals surface area contributed by atoms with Crippen LogP contribution in [0.5, 0.6) is 0 Å². The fraction of sp³-hybridized carbons (Fsp3) is 0.158. The van der Waals surface area contributed by atoms with Crippen molar-refractivity contribution >= 4 is 68.7 Å². The van der Waals surface area contributed by atoms with Crippen LogP contribution in [0.2, 0.25) is 5.02 Å². The molecule has 0 aliphatic carbocycles. The molecule has 0 radical (unpaired) electrons. The number of hydrogen-bond acceptors (Lipinski definition) is 7. The number of para-hydroxylation sites is 1. The van der Waals surface area contributed by atoms with Gasteiger partial charge in [-0.25, -0.2) is 0 Å². The topological polar surface area (TPSA) is 96.0 Å². The van der Waals surface area contributed by atoms with Gasteiger partial charge < -0.3 is 16.0 Å². The zero-order valence-corrected chi connectivity index (χ0v) is 18.0. The summed E-state index contributed by atoms with van der Waals surface area (Å²) in [5.41, 5.74) is 2.03. The molecule has 3 rings (SSSR count). The zero-order valence-electron chi connectivity index (χ0n) is 15.6. The van der Waals surface area contributed by atoms with Crippen molar-refractivity contribution in [2.75, 3.05) is 16.0 Å². The van der Waals surface area contributed by atoms with Crippen molar-refractivity contribution in [3.05, 3.63) is 53.6 Å². The predicted molar refractivity (Wildman–Crippen MR) is 119 cm³/mol. The van der Waals surface area contributed by atoms with Crippen LogP contribution in [0.1, 0.15) is 13.8 Å². The Balaban J connectivity index is 1.59. The van der Waals surface area contributed by atoms with E-state index < -0.39 is 0 Å². The van der Waals surface area contributed by atoms with Crippen LogP contribution in [0.4, 0.5) is 22.2 Å². The molecule has 0 aliphatic heterocycles. The molecule has 3 N–H and O–H groups in total. The van der Waals surface area contributed by atoms with Crippen LogP contribution in [-0.2, 0) is 9.59 Å². The summed E-state index contributed by atoms with van der Waals surface area (Å²) in [6, 6.07) is 14.4. The van der Waals surface area contributed by atoms with E-state index in [1.807, 2.05) is 18.2 Å². The third kappa shape index (κ3) is 6.18. The van der Waals surface area contributed by atoms with Gasteiger partial charge in [0.05, 0.1) is 16.0 Å². The van der Waals surface area contributed by atoms with Gasteiger partial charge in [0.1, 0.15) is 0 Å². The third-order valence-electron chi connectivity index (χ3n) is 3.62. The average molecular weight is 448 g/mol. The second kappa shape index (κ2) is 9.73. The largest absolute Gasteiger partial charge is 0.330 e. The molecule has 0 saturated carbocycles. The minimum absolute atomic E-state index is 0.138. The Morgan fingerprint density at radius 2 is 1.83 bits per heavy atom. The Hall–Kier alpha value is -2.62. The van der Waals surface area contributed by atoms with Gasteiger partial charge in [0.25, 0.3) is 0 Å². The normalized spacial score (nSPS) is 11.6. The van der Waals surface area contributed by atoms with E-state index in [9.17, 15) is 9.59 Å². The highest BCUT2D eigenvalue weighted by atomic mass is 35.5. The Morgan fingerprint density at radius 1 is 1.07 bits per heavy atom. The number of thioether (sulfide) groups is 1. The fourth-order valence-corrected chi connectivity index (χ4v) is 4.41. The van der Waals surface area contributed by atoms with Crippen molar-refractivity contribution in [2.45, 2.75) is 23.4 Å². The third-order valence-corrected chi connectivity index (χ3v) is 5.97. The van der Waals surface area contributed by atoms with Crippen molar-refractivity contribution in [1.29, 1.82) is 0 Å². The van der Waals surface area contributed by atoms with Gasteiger partial charge in [0.15, 0.2) is 4.34 Å². The maximum Gasteiger partial charge on any atom is 0.237 e. The number of hydrogen-bond donors (Lipinski definition) is 3. The molecule has 150 valence electrons. The van der Waals surface area contributed by atoms with Gasteiger partial charge in [0, 0.05) is 18.3 Å². The van der Waals surface area contributed by atoms with Crippen LogP contribution in [0.3, 0.4) is 0 Å². The van der Waals surface area contributed by atoms with Crippen molar-refractivity contribution < 1.29 is 9.59 Å². The summed E-state index contributed by atoms with van der Waals surface area (Å²) in [6.07, 6.45) is 0. The number of anilines is 4. The summed E-state index contributed by atoms with van der Waals surface area (Å²) >= 11 is 8.73. The van der Waals surface area contributed by atoms with Crippen molar-refractivity contribution in [3.63, 3.8) is 0 Å². The summed E-state index contributed by atoms with van der Waals surface area (Å²) in [5.74, 6) is -0.309. The molecule has 2 aromatic carbocycles. The molecular weight excluding hydrogens is 430 g/mol. The van der Waals surface area contributed by atoms with E-state index in [0.29, 0.717) is 25.9 Å². The van der Waals surface area contributed by atoms with Gasteiger partial charge in [0.2, 0.25) is 16.9 Å². The highest BCUT2D eigenvalue weighted by Gasteiger charge is 2.18. The number of benzene rings is 2. The molecular formula is C19H18ClN5O2S2. The SMILES string of the molecule is CC(=O)Nc1cccc(Nc2nnc(SC(C)C(=O)Nc3ccccc3Cl)s2)c1. The van der Waals surface area contributed by atoms with E-state index in [1.165, 1.54) is 30.0 Å². The number of carbonyl (C=O) groups is 2. The number of carbonyl (C=O) groups excluding carboxylic acids is 2. The molecule has 1 heterocycles. The molecule has 1 aromatic heterocycles. The predicted octanol–water partition coefficient (Wildman–Crippen LogP) is 5.01. The standard InChI is InChI=1S/C19H18ClN5O2S2/c1-11(17(27)23-16-9-4-3-8-15(16)20)28-19-25-24-18(29-19)22-14-7-5-6-13(10-14)21-12(2)26/h3-11H,1-2H3,(H,21,26)(H,22,24)(H,23,27). The lowest BCUT2D eigenvalue weighted by Crippen LogP contribution is -2.22. The summed E-state index contributed by atoms with van der Waals surface area (Å²) < 4.78 is 0.660. The molecule has 1 unspecified atom stereocenters. The first-order valence-electron chi connectivity index (χ1n) is 8.61. The Morgan fingerprint density at radius 3 is 2.59 bits per heavy atom. The summed E-state index contributed by atoms with van der Waals surface area (Å²) in [7, 11) is 0. The van der Waals surface area contributed by atoms with E-state index in [0.717, 1.165) is 5.69 Å². The van der Waals surface area contributed by atoms with Crippen LogP contribution in [0.25, 0.3) is 0 Å². The first-order chi connectivity index (χ1) is 13.9. The molecule has 0 fully saturated rings. The molecule has 10 heteroatoms. The monoisotopic (exact) mass is 447 g/mol. The van der Waals surface area contributed by atoms with Crippen LogP contribution in [-0.4, -0.2) is 27.3 Å². The summed E-state index contributed by atoms with van der Waals surface area (Å²) in [6.45, 7) is 3.25. The molecule has 3 aromatic rings. The molecule has 7 nitrogen and oxygen atoms in total. The van der Waals surface area contributed by atoms with E-state index >= 15 is 0 Å². The quantitative estimate of drug-likeness (QED) is 0.440.